The number of rotatable bonds is 58. The Kier molecular flexibility index (Phi) is 56.1. The van der Waals surface area contributed by atoms with Gasteiger partial charge in [-0.15, -0.1) is 0 Å². The molecular weight excluding hydrogens is 995 g/mol. The normalized spacial score (nSPS) is 19.0. The Morgan fingerprint density at radius 1 is 0.438 bits per heavy atom. The first-order chi connectivity index (χ1) is 39.3. The summed E-state index contributed by atoms with van der Waals surface area (Å²) in [5.74, 6) is -0.183. The van der Waals surface area contributed by atoms with Crippen LogP contribution in [0.5, 0.6) is 0 Å². The van der Waals surface area contributed by atoms with E-state index in [0.717, 1.165) is 70.6 Å². The summed E-state index contributed by atoms with van der Waals surface area (Å²) in [5, 5.41) is 54.6. The molecule has 1 heterocycles. The van der Waals surface area contributed by atoms with Gasteiger partial charge in [-0.05, 0) is 77.0 Å². The van der Waals surface area contributed by atoms with Crippen molar-refractivity contribution in [2.45, 2.75) is 346 Å². The van der Waals surface area contributed by atoms with Crippen LogP contribution in [0.4, 0.5) is 0 Å². The van der Waals surface area contributed by atoms with Crippen LogP contribution in [-0.2, 0) is 14.3 Å². The maximum atomic E-state index is 13.1. The molecule has 7 atom stereocenters. The molecule has 0 aromatic heterocycles. The highest BCUT2D eigenvalue weighted by Crippen LogP contribution is 2.23. The molecule has 0 radical (unpaired) electrons. The van der Waals surface area contributed by atoms with Crippen LogP contribution >= 0.6 is 0 Å². The molecule has 80 heavy (non-hydrogen) atoms. The number of allylic oxidation sites excluding steroid dienone is 13. The van der Waals surface area contributed by atoms with Crippen molar-refractivity contribution in [1.82, 2.24) is 5.32 Å². The Morgan fingerprint density at radius 3 is 1.20 bits per heavy atom. The van der Waals surface area contributed by atoms with E-state index in [1.807, 2.05) is 6.08 Å². The van der Waals surface area contributed by atoms with Crippen molar-refractivity contribution < 1.29 is 39.8 Å². The zero-order valence-electron chi connectivity index (χ0n) is 51.8. The minimum absolute atomic E-state index is 0.183. The zero-order valence-corrected chi connectivity index (χ0v) is 51.8. The lowest BCUT2D eigenvalue weighted by atomic mass is 9.99. The fraction of sp³-hybridized carbons (Fsp3) is 0.789. The molecule has 0 bridgehead atoms. The van der Waals surface area contributed by atoms with Crippen molar-refractivity contribution in [1.29, 1.82) is 0 Å². The number of nitrogens with one attached hydrogen (secondary N) is 1. The molecule has 464 valence electrons. The number of aliphatic hydroxyl groups excluding tert-OH is 5. The van der Waals surface area contributed by atoms with E-state index in [2.05, 4.69) is 92.1 Å². The van der Waals surface area contributed by atoms with Gasteiger partial charge in [-0.25, -0.2) is 0 Å². The second kappa shape index (κ2) is 59.5. The third-order valence-corrected chi connectivity index (χ3v) is 15.7. The minimum atomic E-state index is -1.57. The monoisotopic (exact) mass is 1120 g/mol. The van der Waals surface area contributed by atoms with Crippen LogP contribution in [0.1, 0.15) is 303 Å². The third kappa shape index (κ3) is 47.8. The van der Waals surface area contributed by atoms with E-state index in [4.69, 9.17) is 9.47 Å². The van der Waals surface area contributed by atoms with Crippen molar-refractivity contribution in [3.05, 3.63) is 85.1 Å². The molecule has 9 heteroatoms. The standard InChI is InChI=1S/C71H127NO8/c1-3-5-7-9-11-13-15-17-19-21-23-24-25-26-27-28-29-30-31-32-33-34-35-36-37-38-39-40-41-42-43-45-47-49-51-53-55-57-59-61-67(75)72-64(63-79-71-70(78)69(77)68(76)66(62-73)80-71)65(74)60-58-56-54-52-50-48-46-44-22-20-18-16-14-12-10-8-6-4-2/h5,7,11,13,17,19,23-24,26-27,50,52,58,60,64-66,68-71,73-74,76-78H,3-4,6,8-10,12,14-16,18,20-22,25,28-49,51,53-57,59,61-63H2,1-2H3,(H,72,75)/b7-5-,13-11-,19-17-,24-23-,27-26-,52-50+,60-58+. The molecule has 1 amide bonds. The lowest BCUT2D eigenvalue weighted by Gasteiger charge is -2.40. The SMILES string of the molecule is CC/C=C\C/C=C\C/C=C\C/C=C\C/C=C\CCCCCCCCCCCCCCCCCCCCCCCCCC(=O)NC(COC1OC(CO)C(O)C(O)C1O)C(O)/C=C/CC/C=C/CCCCCCCCCCCCCC. The predicted molar refractivity (Wildman–Crippen MR) is 341 cm³/mol. The summed E-state index contributed by atoms with van der Waals surface area (Å²) in [4.78, 5) is 13.1. The van der Waals surface area contributed by atoms with E-state index in [-0.39, 0.29) is 12.5 Å². The molecule has 7 unspecified atom stereocenters. The maximum absolute atomic E-state index is 13.1. The van der Waals surface area contributed by atoms with Crippen LogP contribution in [0.2, 0.25) is 0 Å². The predicted octanol–water partition coefficient (Wildman–Crippen LogP) is 18.1. The Morgan fingerprint density at radius 2 is 0.787 bits per heavy atom. The van der Waals surface area contributed by atoms with E-state index in [0.29, 0.717) is 6.42 Å². The first kappa shape index (κ1) is 75.4. The quantitative estimate of drug-likeness (QED) is 0.0261. The number of ether oxygens (including phenoxy) is 2. The van der Waals surface area contributed by atoms with Gasteiger partial charge in [0.15, 0.2) is 6.29 Å². The smallest absolute Gasteiger partial charge is 0.220 e. The van der Waals surface area contributed by atoms with Crippen molar-refractivity contribution in [2.75, 3.05) is 13.2 Å². The molecule has 1 saturated heterocycles. The molecule has 0 saturated carbocycles. The van der Waals surface area contributed by atoms with Crippen LogP contribution in [0, 0.1) is 0 Å². The van der Waals surface area contributed by atoms with Gasteiger partial charge < -0.3 is 40.3 Å². The molecule has 0 aromatic rings. The highest BCUT2D eigenvalue weighted by atomic mass is 16.7. The highest BCUT2D eigenvalue weighted by Gasteiger charge is 2.44. The molecule has 0 aliphatic carbocycles. The van der Waals surface area contributed by atoms with Gasteiger partial charge in [-0.2, -0.15) is 0 Å². The number of carbonyl (C=O) groups is 1. The zero-order chi connectivity index (χ0) is 57.9. The average molecular weight is 1120 g/mol. The van der Waals surface area contributed by atoms with Gasteiger partial charge in [0.1, 0.15) is 24.4 Å². The van der Waals surface area contributed by atoms with Crippen molar-refractivity contribution >= 4 is 5.91 Å². The van der Waals surface area contributed by atoms with E-state index < -0.39 is 49.5 Å². The Bertz CT molecular complexity index is 1540. The van der Waals surface area contributed by atoms with Gasteiger partial charge >= 0.3 is 0 Å². The highest BCUT2D eigenvalue weighted by molar-refractivity contribution is 5.76. The maximum Gasteiger partial charge on any atom is 0.220 e. The Hall–Kier alpha value is -2.63. The number of carbonyl (C=O) groups excluding carboxylic acids is 1. The molecule has 0 aromatic carbocycles. The molecule has 0 spiro atoms. The van der Waals surface area contributed by atoms with Crippen molar-refractivity contribution in [3.8, 4) is 0 Å². The first-order valence-electron chi connectivity index (χ1n) is 33.8. The molecule has 1 aliphatic rings. The van der Waals surface area contributed by atoms with Gasteiger partial charge in [-0.1, -0.05) is 304 Å². The van der Waals surface area contributed by atoms with E-state index in [9.17, 15) is 30.3 Å². The molecule has 9 nitrogen and oxygen atoms in total. The second-order valence-corrected chi connectivity index (χ2v) is 23.2. The summed E-state index contributed by atoms with van der Waals surface area (Å²) in [6.07, 6.45) is 78.3. The number of unbranched alkanes of at least 4 members (excludes halogenated alkanes) is 36. The third-order valence-electron chi connectivity index (χ3n) is 15.7. The average Bonchev–Trinajstić information content (AvgIpc) is 3.46. The summed E-state index contributed by atoms with van der Waals surface area (Å²) in [6, 6.07) is -0.823. The van der Waals surface area contributed by atoms with Crippen molar-refractivity contribution in [2.24, 2.45) is 0 Å². The fourth-order valence-electron chi connectivity index (χ4n) is 10.4. The summed E-state index contributed by atoms with van der Waals surface area (Å²) in [6.45, 7) is 3.67. The first-order valence-corrected chi connectivity index (χ1v) is 33.8. The summed E-state index contributed by atoms with van der Waals surface area (Å²) < 4.78 is 11.3. The number of amides is 1. The summed E-state index contributed by atoms with van der Waals surface area (Å²) in [7, 11) is 0. The Balaban J connectivity index is 2.08. The van der Waals surface area contributed by atoms with Crippen LogP contribution < -0.4 is 5.32 Å². The number of aliphatic hydroxyl groups is 5. The molecular formula is C71H127NO8. The van der Waals surface area contributed by atoms with E-state index >= 15 is 0 Å². The number of hydrogen-bond donors (Lipinski definition) is 6. The van der Waals surface area contributed by atoms with Crippen LogP contribution in [0.25, 0.3) is 0 Å². The topological polar surface area (TPSA) is 149 Å². The minimum Gasteiger partial charge on any atom is -0.394 e. The van der Waals surface area contributed by atoms with E-state index in [1.54, 1.807) is 6.08 Å². The van der Waals surface area contributed by atoms with Gasteiger partial charge in [-0.3, -0.25) is 4.79 Å². The van der Waals surface area contributed by atoms with Crippen LogP contribution in [-0.4, -0.2) is 87.5 Å². The number of hydrogen-bond acceptors (Lipinski definition) is 8. The van der Waals surface area contributed by atoms with Crippen molar-refractivity contribution in [3.63, 3.8) is 0 Å². The summed E-state index contributed by atoms with van der Waals surface area (Å²) >= 11 is 0. The van der Waals surface area contributed by atoms with Gasteiger partial charge in [0.2, 0.25) is 5.91 Å². The van der Waals surface area contributed by atoms with Crippen LogP contribution in [0.15, 0.2) is 85.1 Å². The lowest BCUT2D eigenvalue weighted by molar-refractivity contribution is -0.302. The fourth-order valence-corrected chi connectivity index (χ4v) is 10.4. The summed E-state index contributed by atoms with van der Waals surface area (Å²) in [5.41, 5.74) is 0. The largest absolute Gasteiger partial charge is 0.394 e. The van der Waals surface area contributed by atoms with Crippen LogP contribution in [0.3, 0.4) is 0 Å². The van der Waals surface area contributed by atoms with E-state index in [1.165, 1.54) is 212 Å². The second-order valence-electron chi connectivity index (χ2n) is 23.2. The molecule has 1 fully saturated rings. The van der Waals surface area contributed by atoms with Gasteiger partial charge in [0.25, 0.3) is 0 Å². The molecule has 1 aliphatic heterocycles. The van der Waals surface area contributed by atoms with Gasteiger partial charge in [0, 0.05) is 6.42 Å². The lowest BCUT2D eigenvalue weighted by Crippen LogP contribution is -2.60. The van der Waals surface area contributed by atoms with Gasteiger partial charge in [0.05, 0.1) is 25.4 Å². The Labute approximate surface area is 492 Å². The molecule has 6 N–H and O–H groups in total. The molecule has 1 rings (SSSR count).